The molecular formula is C11H13F3N2O3. The summed E-state index contributed by atoms with van der Waals surface area (Å²) < 4.78 is 44.3. The highest BCUT2D eigenvalue weighted by Gasteiger charge is 2.27. The molecule has 0 aromatic carbocycles. The van der Waals surface area contributed by atoms with Crippen LogP contribution in [0.4, 0.5) is 18.9 Å². The summed E-state index contributed by atoms with van der Waals surface area (Å²) in [6.07, 6.45) is -2.93. The zero-order valence-corrected chi connectivity index (χ0v) is 10.2. The first-order chi connectivity index (χ1) is 8.92. The van der Waals surface area contributed by atoms with Crippen molar-refractivity contribution in [1.29, 1.82) is 0 Å². The molecule has 0 amide bonds. The van der Waals surface area contributed by atoms with E-state index in [0.717, 1.165) is 0 Å². The number of hydrogen-bond acceptors (Lipinski definition) is 5. The van der Waals surface area contributed by atoms with E-state index in [9.17, 15) is 18.0 Å². The van der Waals surface area contributed by atoms with Gasteiger partial charge in [0.05, 0.1) is 13.7 Å². The van der Waals surface area contributed by atoms with Crippen molar-refractivity contribution in [1.82, 2.24) is 4.98 Å². The maximum absolute atomic E-state index is 11.8. The van der Waals surface area contributed by atoms with Gasteiger partial charge in [0.1, 0.15) is 12.3 Å². The van der Waals surface area contributed by atoms with Gasteiger partial charge in [-0.3, -0.25) is 0 Å². The van der Waals surface area contributed by atoms with Crippen LogP contribution in [0.5, 0.6) is 0 Å². The number of anilines is 1. The lowest BCUT2D eigenvalue weighted by molar-refractivity contribution is -0.172. The first-order valence-corrected chi connectivity index (χ1v) is 5.35. The van der Waals surface area contributed by atoms with E-state index in [4.69, 9.17) is 0 Å². The van der Waals surface area contributed by atoms with Gasteiger partial charge in [-0.15, -0.1) is 0 Å². The quantitative estimate of drug-likeness (QED) is 0.635. The summed E-state index contributed by atoms with van der Waals surface area (Å²) in [6, 6.07) is 3.02. The van der Waals surface area contributed by atoms with Gasteiger partial charge in [0.25, 0.3) is 0 Å². The Balaban J connectivity index is 2.35. The van der Waals surface area contributed by atoms with Crippen LogP contribution in [0.1, 0.15) is 10.5 Å². The zero-order valence-electron chi connectivity index (χ0n) is 10.2. The Labute approximate surface area is 107 Å². The molecule has 0 atom stereocenters. The van der Waals surface area contributed by atoms with Crippen molar-refractivity contribution in [3.05, 3.63) is 24.0 Å². The molecule has 0 fully saturated rings. The lowest BCUT2D eigenvalue weighted by atomic mass is 10.3. The summed E-state index contributed by atoms with van der Waals surface area (Å²) in [6.45, 7) is -1.20. The largest absolute Gasteiger partial charge is 0.464 e. The van der Waals surface area contributed by atoms with Gasteiger partial charge in [0, 0.05) is 18.4 Å². The fourth-order valence-corrected chi connectivity index (χ4v) is 1.21. The predicted molar refractivity (Wildman–Crippen MR) is 60.9 cm³/mol. The minimum atomic E-state index is -4.32. The van der Waals surface area contributed by atoms with Gasteiger partial charge in [0.15, 0.2) is 0 Å². The molecule has 0 radical (unpaired) electrons. The predicted octanol–water partition coefficient (Wildman–Crippen LogP) is 1.86. The van der Waals surface area contributed by atoms with Crippen LogP contribution in [-0.4, -0.2) is 44.0 Å². The molecule has 0 aliphatic carbocycles. The number of hydrogen-bond donors (Lipinski definition) is 1. The summed E-state index contributed by atoms with van der Waals surface area (Å²) in [7, 11) is 1.23. The van der Waals surface area contributed by atoms with Crippen LogP contribution in [0.25, 0.3) is 0 Å². The molecule has 106 valence electrons. The van der Waals surface area contributed by atoms with Gasteiger partial charge >= 0.3 is 12.1 Å². The van der Waals surface area contributed by atoms with Crippen molar-refractivity contribution < 1.29 is 27.4 Å². The molecule has 0 unspecified atom stereocenters. The van der Waals surface area contributed by atoms with E-state index in [1.165, 1.54) is 19.4 Å². The van der Waals surface area contributed by atoms with Crippen LogP contribution >= 0.6 is 0 Å². The smallest absolute Gasteiger partial charge is 0.411 e. The van der Waals surface area contributed by atoms with Crippen molar-refractivity contribution in [2.75, 3.05) is 32.2 Å². The summed E-state index contributed by atoms with van der Waals surface area (Å²) in [4.78, 5) is 15.0. The Bertz CT molecular complexity index is 424. The molecule has 0 aliphatic heterocycles. The Kier molecular flexibility index (Phi) is 5.56. The monoisotopic (exact) mass is 278 g/mol. The second-order valence-corrected chi connectivity index (χ2v) is 3.52. The summed E-state index contributed by atoms with van der Waals surface area (Å²) in [5.74, 6) is -0.586. The molecule has 0 saturated heterocycles. The van der Waals surface area contributed by atoms with Gasteiger partial charge in [-0.2, -0.15) is 13.2 Å². The highest BCUT2D eigenvalue weighted by Crippen LogP contribution is 2.14. The number of alkyl halides is 3. The normalized spacial score (nSPS) is 11.2. The van der Waals surface area contributed by atoms with E-state index < -0.39 is 18.8 Å². The molecular weight excluding hydrogens is 265 g/mol. The van der Waals surface area contributed by atoms with E-state index in [1.54, 1.807) is 6.07 Å². The minimum Gasteiger partial charge on any atom is -0.464 e. The molecule has 0 aliphatic rings. The molecule has 0 saturated carbocycles. The summed E-state index contributed by atoms with van der Waals surface area (Å²) in [5.41, 5.74) is 0.662. The number of halogens is 3. The van der Waals surface area contributed by atoms with Crippen LogP contribution in [0.2, 0.25) is 0 Å². The fraction of sp³-hybridized carbons (Fsp3) is 0.455. The van der Waals surface area contributed by atoms with Crippen molar-refractivity contribution in [3.63, 3.8) is 0 Å². The molecule has 8 heteroatoms. The Morgan fingerprint density at radius 3 is 2.84 bits per heavy atom. The minimum absolute atomic E-state index is 0.102. The number of rotatable bonds is 6. The van der Waals surface area contributed by atoms with E-state index >= 15 is 0 Å². The number of pyridine rings is 1. The lowest BCUT2D eigenvalue weighted by Gasteiger charge is -2.09. The second kappa shape index (κ2) is 6.93. The molecule has 0 spiro atoms. The van der Waals surface area contributed by atoms with E-state index in [2.05, 4.69) is 19.8 Å². The number of ether oxygens (including phenoxy) is 2. The van der Waals surface area contributed by atoms with Crippen LogP contribution in [0.3, 0.4) is 0 Å². The lowest BCUT2D eigenvalue weighted by Crippen LogP contribution is -2.20. The summed E-state index contributed by atoms with van der Waals surface area (Å²) >= 11 is 0. The number of esters is 1. The van der Waals surface area contributed by atoms with Crippen LogP contribution in [0, 0.1) is 0 Å². The van der Waals surface area contributed by atoms with Gasteiger partial charge in [0.2, 0.25) is 0 Å². The fourth-order valence-electron chi connectivity index (χ4n) is 1.21. The Hall–Kier alpha value is -1.83. The summed E-state index contributed by atoms with van der Waals surface area (Å²) in [5, 5.41) is 2.81. The number of carbonyl (C=O) groups excluding carboxylic acids is 1. The highest BCUT2D eigenvalue weighted by molar-refractivity contribution is 5.88. The van der Waals surface area contributed by atoms with E-state index in [0.29, 0.717) is 5.69 Å². The first kappa shape index (κ1) is 15.2. The topological polar surface area (TPSA) is 60.5 Å². The average molecular weight is 278 g/mol. The molecule has 1 rings (SSSR count). The first-order valence-electron chi connectivity index (χ1n) is 5.35. The average Bonchev–Trinajstić information content (AvgIpc) is 2.36. The van der Waals surface area contributed by atoms with Gasteiger partial charge < -0.3 is 14.8 Å². The van der Waals surface area contributed by atoms with E-state index in [-0.39, 0.29) is 18.8 Å². The van der Waals surface area contributed by atoms with Crippen LogP contribution in [0.15, 0.2) is 18.3 Å². The molecule has 1 N–H and O–H groups in total. The van der Waals surface area contributed by atoms with Gasteiger partial charge in [-0.05, 0) is 12.1 Å². The second-order valence-electron chi connectivity index (χ2n) is 3.52. The number of aromatic nitrogens is 1. The van der Waals surface area contributed by atoms with Crippen molar-refractivity contribution in [2.45, 2.75) is 6.18 Å². The molecule has 1 heterocycles. The van der Waals surface area contributed by atoms with E-state index in [1.807, 2.05) is 0 Å². The third-order valence-corrected chi connectivity index (χ3v) is 2.00. The third-order valence-electron chi connectivity index (χ3n) is 2.00. The third kappa shape index (κ3) is 6.05. The van der Waals surface area contributed by atoms with Crippen molar-refractivity contribution in [3.8, 4) is 0 Å². The van der Waals surface area contributed by atoms with Gasteiger partial charge in [-0.1, -0.05) is 0 Å². The number of nitrogens with zero attached hydrogens (tertiary/aromatic N) is 1. The van der Waals surface area contributed by atoms with Crippen molar-refractivity contribution >= 4 is 11.7 Å². The molecule has 0 bridgehead atoms. The number of carbonyl (C=O) groups is 1. The Morgan fingerprint density at radius 2 is 2.21 bits per heavy atom. The highest BCUT2D eigenvalue weighted by atomic mass is 19.4. The maximum Gasteiger partial charge on any atom is 0.411 e. The van der Waals surface area contributed by atoms with Crippen LogP contribution < -0.4 is 5.32 Å². The number of methoxy groups -OCH3 is 1. The molecule has 1 aromatic rings. The standard InChI is InChI=1S/C11H13F3N2O3/c1-18-10(17)9-6-8(2-3-16-9)15-4-5-19-7-11(12,13)14/h2-3,6H,4-5,7H2,1H3,(H,15,16). The van der Waals surface area contributed by atoms with Gasteiger partial charge in [-0.25, -0.2) is 9.78 Å². The van der Waals surface area contributed by atoms with Crippen molar-refractivity contribution in [2.24, 2.45) is 0 Å². The molecule has 19 heavy (non-hydrogen) atoms. The Morgan fingerprint density at radius 1 is 1.47 bits per heavy atom. The SMILES string of the molecule is COC(=O)c1cc(NCCOCC(F)(F)F)ccn1. The molecule has 1 aromatic heterocycles. The van der Waals surface area contributed by atoms with Crippen LogP contribution in [-0.2, 0) is 9.47 Å². The zero-order chi connectivity index (χ0) is 14.3. The number of nitrogens with one attached hydrogen (secondary N) is 1. The molecule has 5 nitrogen and oxygen atoms in total. The maximum atomic E-state index is 11.8.